The maximum atomic E-state index is 12.7. The van der Waals surface area contributed by atoms with Gasteiger partial charge in [0.2, 0.25) is 5.95 Å². The smallest absolute Gasteiger partial charge is 0.361 e. The molecule has 1 aromatic rings. The lowest BCUT2D eigenvalue weighted by atomic mass is 10.2. The first-order valence-corrected chi connectivity index (χ1v) is 6.66. The number of alkyl halides is 3. The number of ketones is 1. The lowest BCUT2D eigenvalue weighted by Crippen LogP contribution is -2.23. The fraction of sp³-hybridized carbons (Fsp3) is 0.333. The van der Waals surface area contributed by atoms with Crippen LogP contribution in [0.1, 0.15) is 5.56 Å². The molecule has 1 aromatic heterocycles. The fourth-order valence-electron chi connectivity index (χ4n) is 1.67. The Bertz CT molecular complexity index is 527. The van der Waals surface area contributed by atoms with Gasteiger partial charge in [-0.1, -0.05) is 6.07 Å². The van der Waals surface area contributed by atoms with E-state index >= 15 is 0 Å². The molecule has 0 bridgehead atoms. The van der Waals surface area contributed by atoms with Crippen molar-refractivity contribution in [3.8, 4) is 0 Å². The molecule has 1 saturated heterocycles. The number of nitrogens with zero attached hydrogens (tertiary/aromatic N) is 2. The fourth-order valence-corrected chi connectivity index (χ4v) is 2.72. The first kappa shape index (κ1) is 14.8. The Labute approximate surface area is 116 Å². The number of thioether (sulfide) groups is 1. The highest BCUT2D eigenvalue weighted by Crippen LogP contribution is 2.30. The Morgan fingerprint density at radius 2 is 2.20 bits per heavy atom. The Kier molecular flexibility index (Phi) is 4.32. The van der Waals surface area contributed by atoms with Crippen molar-refractivity contribution >= 4 is 17.5 Å². The third kappa shape index (κ3) is 3.72. The van der Waals surface area contributed by atoms with E-state index in [0.29, 0.717) is 23.9 Å². The summed E-state index contributed by atoms with van der Waals surface area (Å²) in [7, 11) is 0. The van der Waals surface area contributed by atoms with Gasteiger partial charge in [-0.25, -0.2) is 4.98 Å². The van der Waals surface area contributed by atoms with Crippen LogP contribution in [0.4, 0.5) is 17.6 Å². The molecule has 0 atom stereocenters. The average molecular weight is 306 g/mol. The summed E-state index contributed by atoms with van der Waals surface area (Å²) in [6.45, 7) is 0.816. The van der Waals surface area contributed by atoms with E-state index in [9.17, 15) is 22.4 Å². The quantitative estimate of drug-likeness (QED) is 0.488. The van der Waals surface area contributed by atoms with E-state index in [-0.39, 0.29) is 11.6 Å². The highest BCUT2D eigenvalue weighted by Gasteiger charge is 2.37. The highest BCUT2D eigenvalue weighted by molar-refractivity contribution is 8.03. The molecule has 8 heteroatoms. The molecular formula is C12H10F4N2OS. The van der Waals surface area contributed by atoms with Gasteiger partial charge in [0.15, 0.2) is 0 Å². The number of hydrogen-bond acceptors (Lipinski definition) is 4. The second-order valence-corrected chi connectivity index (χ2v) is 5.22. The predicted octanol–water partition coefficient (Wildman–Crippen LogP) is 2.74. The first-order valence-electron chi connectivity index (χ1n) is 5.67. The number of rotatable bonds is 3. The van der Waals surface area contributed by atoms with Crippen molar-refractivity contribution in [2.45, 2.75) is 12.7 Å². The molecule has 0 spiro atoms. The molecule has 0 aliphatic carbocycles. The monoisotopic (exact) mass is 306 g/mol. The summed E-state index contributed by atoms with van der Waals surface area (Å²) in [5.74, 6) is -1.89. The molecule has 0 aromatic carbocycles. The van der Waals surface area contributed by atoms with Gasteiger partial charge < -0.3 is 4.90 Å². The van der Waals surface area contributed by atoms with Crippen LogP contribution in [0.15, 0.2) is 29.4 Å². The van der Waals surface area contributed by atoms with Crippen LogP contribution in [0.25, 0.3) is 0 Å². The summed E-state index contributed by atoms with van der Waals surface area (Å²) in [4.78, 5) is 16.1. The Balaban J connectivity index is 2.09. The van der Waals surface area contributed by atoms with Crippen molar-refractivity contribution in [3.05, 3.63) is 40.9 Å². The van der Waals surface area contributed by atoms with Gasteiger partial charge in [-0.3, -0.25) is 4.79 Å². The molecule has 0 radical (unpaired) electrons. The van der Waals surface area contributed by atoms with Crippen LogP contribution in [0.3, 0.4) is 0 Å². The summed E-state index contributed by atoms with van der Waals surface area (Å²) in [6, 6.07) is 2.69. The Hall–Kier alpha value is -1.57. The van der Waals surface area contributed by atoms with Gasteiger partial charge in [0.1, 0.15) is 0 Å². The van der Waals surface area contributed by atoms with Gasteiger partial charge in [-0.15, -0.1) is 11.8 Å². The number of hydrogen-bond donors (Lipinski definition) is 0. The molecular weight excluding hydrogens is 296 g/mol. The summed E-state index contributed by atoms with van der Waals surface area (Å²) >= 11 is 1.19. The molecule has 0 unspecified atom stereocenters. The average Bonchev–Trinajstić information content (AvgIpc) is 2.78. The second-order valence-electron chi connectivity index (χ2n) is 4.10. The number of aromatic nitrogens is 1. The van der Waals surface area contributed by atoms with E-state index in [2.05, 4.69) is 4.98 Å². The zero-order valence-electron chi connectivity index (χ0n) is 10.2. The van der Waals surface area contributed by atoms with Crippen LogP contribution < -0.4 is 0 Å². The minimum atomic E-state index is -4.86. The summed E-state index contributed by atoms with van der Waals surface area (Å²) in [5, 5.41) is 0.275. The molecule has 1 aliphatic heterocycles. The molecule has 3 nitrogen and oxygen atoms in total. The molecule has 0 saturated carbocycles. The minimum Gasteiger partial charge on any atom is -0.361 e. The van der Waals surface area contributed by atoms with E-state index in [0.717, 1.165) is 0 Å². The van der Waals surface area contributed by atoms with Gasteiger partial charge in [0, 0.05) is 31.1 Å². The lowest BCUT2D eigenvalue weighted by Gasteiger charge is -2.18. The molecule has 1 fully saturated rings. The maximum Gasteiger partial charge on any atom is 0.454 e. The lowest BCUT2D eigenvalue weighted by molar-refractivity contribution is -0.165. The topological polar surface area (TPSA) is 33.2 Å². The third-order valence-corrected chi connectivity index (χ3v) is 3.68. The summed E-state index contributed by atoms with van der Waals surface area (Å²) in [6.07, 6.45) is -2.94. The standard InChI is InChI=1S/C12H10F4N2OS/c13-10-2-1-8(6-17-10)7-18-3-4-20-11(18)5-9(19)12(14,15)16/h1-2,5-6H,3-4,7H2/b11-5-. The molecule has 2 rings (SSSR count). The van der Waals surface area contributed by atoms with Crippen molar-refractivity contribution in [1.82, 2.24) is 9.88 Å². The van der Waals surface area contributed by atoms with E-state index < -0.39 is 17.9 Å². The molecule has 1 aliphatic rings. The third-order valence-electron chi connectivity index (χ3n) is 2.62. The zero-order valence-corrected chi connectivity index (χ0v) is 11.0. The summed E-state index contributed by atoms with van der Waals surface area (Å²) in [5.41, 5.74) is 0.666. The second kappa shape index (κ2) is 5.82. The highest BCUT2D eigenvalue weighted by atomic mass is 32.2. The van der Waals surface area contributed by atoms with Crippen LogP contribution in [0, 0.1) is 5.95 Å². The largest absolute Gasteiger partial charge is 0.454 e. The Morgan fingerprint density at radius 3 is 2.80 bits per heavy atom. The number of carbonyl (C=O) groups excluding carboxylic acids is 1. The van der Waals surface area contributed by atoms with Gasteiger partial charge in [0.05, 0.1) is 5.03 Å². The normalized spacial score (nSPS) is 17.8. The van der Waals surface area contributed by atoms with E-state index in [4.69, 9.17) is 0 Å². The van der Waals surface area contributed by atoms with Crippen LogP contribution in [-0.2, 0) is 11.3 Å². The van der Waals surface area contributed by atoms with Crippen LogP contribution >= 0.6 is 11.8 Å². The van der Waals surface area contributed by atoms with Crippen LogP contribution in [-0.4, -0.2) is 34.1 Å². The van der Waals surface area contributed by atoms with Crippen molar-refractivity contribution < 1.29 is 22.4 Å². The predicted molar refractivity (Wildman–Crippen MR) is 66.2 cm³/mol. The van der Waals surface area contributed by atoms with E-state index in [1.165, 1.54) is 30.1 Å². The van der Waals surface area contributed by atoms with Crippen molar-refractivity contribution in [3.63, 3.8) is 0 Å². The van der Waals surface area contributed by atoms with Gasteiger partial charge >= 0.3 is 6.18 Å². The Morgan fingerprint density at radius 1 is 1.45 bits per heavy atom. The molecule has 2 heterocycles. The number of pyridine rings is 1. The van der Waals surface area contributed by atoms with Crippen molar-refractivity contribution in [1.29, 1.82) is 0 Å². The van der Waals surface area contributed by atoms with Gasteiger partial charge in [-0.2, -0.15) is 17.6 Å². The zero-order chi connectivity index (χ0) is 14.8. The van der Waals surface area contributed by atoms with Crippen LogP contribution in [0.5, 0.6) is 0 Å². The van der Waals surface area contributed by atoms with Crippen molar-refractivity contribution in [2.24, 2.45) is 0 Å². The maximum absolute atomic E-state index is 12.7. The number of carbonyl (C=O) groups is 1. The minimum absolute atomic E-state index is 0.275. The SMILES string of the molecule is O=C(/C=C1\SCCN1Cc1ccc(F)nc1)C(F)(F)F. The molecule has 0 amide bonds. The molecule has 20 heavy (non-hydrogen) atoms. The molecule has 0 N–H and O–H groups in total. The van der Waals surface area contributed by atoms with Gasteiger partial charge in [-0.05, 0) is 11.6 Å². The summed E-state index contributed by atoms with van der Waals surface area (Å²) < 4.78 is 49.4. The first-order chi connectivity index (χ1) is 9.36. The van der Waals surface area contributed by atoms with E-state index in [1.807, 2.05) is 0 Å². The molecule has 108 valence electrons. The van der Waals surface area contributed by atoms with Gasteiger partial charge in [0.25, 0.3) is 5.78 Å². The van der Waals surface area contributed by atoms with E-state index in [1.54, 1.807) is 4.90 Å². The number of halogens is 4. The van der Waals surface area contributed by atoms with Crippen molar-refractivity contribution in [2.75, 3.05) is 12.3 Å². The number of allylic oxidation sites excluding steroid dienone is 1. The van der Waals surface area contributed by atoms with Crippen LogP contribution in [0.2, 0.25) is 0 Å².